The standard InChI is InChI=1S/C29H44O6/c1-3-5-6-9-12-23-19-32-28(33-20-23)25-14-16-26(17-15-25)29-34-21-24(22-35-29)13-10-7-8-11-18-31-27(30)4-2/h4,14-17,23-24,28-29H,2-3,5-13,18-22H2,1H3. The van der Waals surface area contributed by atoms with E-state index in [1.165, 1.54) is 38.2 Å². The van der Waals surface area contributed by atoms with Gasteiger partial charge in [0, 0.05) is 29.0 Å². The van der Waals surface area contributed by atoms with Gasteiger partial charge in [0.25, 0.3) is 0 Å². The minimum atomic E-state index is -0.344. The fourth-order valence-corrected chi connectivity index (χ4v) is 4.59. The fraction of sp³-hybridized carbons (Fsp3) is 0.690. The lowest BCUT2D eigenvalue weighted by Gasteiger charge is -2.31. The summed E-state index contributed by atoms with van der Waals surface area (Å²) < 4.78 is 29.0. The number of rotatable bonds is 15. The molecule has 6 nitrogen and oxygen atoms in total. The Bertz CT molecular complexity index is 717. The molecule has 0 aromatic heterocycles. The maximum absolute atomic E-state index is 11.0. The summed E-state index contributed by atoms with van der Waals surface area (Å²) in [5.41, 5.74) is 2.08. The molecule has 0 bridgehead atoms. The van der Waals surface area contributed by atoms with Crippen LogP contribution < -0.4 is 0 Å². The van der Waals surface area contributed by atoms with Crippen molar-refractivity contribution in [2.45, 2.75) is 83.7 Å². The highest BCUT2D eigenvalue weighted by atomic mass is 16.7. The third-order valence-electron chi connectivity index (χ3n) is 6.80. The number of carbonyl (C=O) groups excluding carboxylic acids is 1. The second-order valence-corrected chi connectivity index (χ2v) is 9.82. The van der Waals surface area contributed by atoms with Crippen LogP contribution in [-0.4, -0.2) is 39.0 Å². The number of benzene rings is 1. The second kappa shape index (κ2) is 16.1. The van der Waals surface area contributed by atoms with E-state index in [2.05, 4.69) is 37.8 Å². The molecule has 0 saturated carbocycles. The van der Waals surface area contributed by atoms with Gasteiger partial charge < -0.3 is 23.7 Å². The average molecular weight is 489 g/mol. The summed E-state index contributed by atoms with van der Waals surface area (Å²) in [4.78, 5) is 11.0. The Hall–Kier alpha value is -1.73. The molecular formula is C29H44O6. The van der Waals surface area contributed by atoms with E-state index in [9.17, 15) is 4.79 Å². The number of carbonyl (C=O) groups is 1. The van der Waals surface area contributed by atoms with Gasteiger partial charge >= 0.3 is 5.97 Å². The van der Waals surface area contributed by atoms with Gasteiger partial charge in [0.15, 0.2) is 12.6 Å². The molecule has 196 valence electrons. The van der Waals surface area contributed by atoms with E-state index in [0.717, 1.165) is 69.7 Å². The van der Waals surface area contributed by atoms with Crippen LogP contribution in [0, 0.1) is 11.8 Å². The van der Waals surface area contributed by atoms with E-state index in [4.69, 9.17) is 23.7 Å². The van der Waals surface area contributed by atoms with Crippen LogP contribution >= 0.6 is 0 Å². The lowest BCUT2D eigenvalue weighted by Crippen LogP contribution is -2.28. The Morgan fingerprint density at radius 2 is 1.26 bits per heavy atom. The molecule has 1 aromatic carbocycles. The zero-order valence-corrected chi connectivity index (χ0v) is 21.5. The summed E-state index contributed by atoms with van der Waals surface area (Å²) in [6, 6.07) is 8.24. The summed E-state index contributed by atoms with van der Waals surface area (Å²) in [7, 11) is 0. The topological polar surface area (TPSA) is 63.2 Å². The predicted octanol–water partition coefficient (Wildman–Crippen LogP) is 6.66. The zero-order valence-electron chi connectivity index (χ0n) is 21.5. The van der Waals surface area contributed by atoms with Gasteiger partial charge in [-0.15, -0.1) is 0 Å². The van der Waals surface area contributed by atoms with Crippen LogP contribution in [0.5, 0.6) is 0 Å². The molecule has 0 radical (unpaired) electrons. The first-order chi connectivity index (χ1) is 17.2. The molecule has 2 aliphatic heterocycles. The first-order valence-electron chi connectivity index (χ1n) is 13.5. The number of unbranched alkanes of at least 4 members (excludes halogenated alkanes) is 6. The van der Waals surface area contributed by atoms with Crippen LogP contribution in [0.4, 0.5) is 0 Å². The van der Waals surface area contributed by atoms with Crippen LogP contribution in [0.2, 0.25) is 0 Å². The minimum absolute atomic E-state index is 0.275. The highest BCUT2D eigenvalue weighted by Crippen LogP contribution is 2.31. The third kappa shape index (κ3) is 10.0. The Morgan fingerprint density at radius 1 is 0.800 bits per heavy atom. The predicted molar refractivity (Wildman–Crippen MR) is 136 cm³/mol. The number of ether oxygens (including phenoxy) is 5. The lowest BCUT2D eigenvalue weighted by molar-refractivity contribution is -0.207. The van der Waals surface area contributed by atoms with E-state index in [1.807, 2.05) is 0 Å². The van der Waals surface area contributed by atoms with Crippen molar-refractivity contribution >= 4 is 5.97 Å². The van der Waals surface area contributed by atoms with Crippen molar-refractivity contribution in [2.24, 2.45) is 11.8 Å². The minimum Gasteiger partial charge on any atom is -0.463 e. The Kier molecular flexibility index (Phi) is 12.8. The van der Waals surface area contributed by atoms with Crippen LogP contribution in [0.15, 0.2) is 36.9 Å². The molecule has 2 heterocycles. The normalized spacial score (nSPS) is 24.7. The van der Waals surface area contributed by atoms with E-state index in [1.54, 1.807) is 0 Å². The molecule has 6 heteroatoms. The maximum Gasteiger partial charge on any atom is 0.330 e. The number of hydrogen-bond donors (Lipinski definition) is 0. The van der Waals surface area contributed by atoms with Gasteiger partial charge in [-0.2, -0.15) is 0 Å². The average Bonchev–Trinajstić information content (AvgIpc) is 2.91. The third-order valence-corrected chi connectivity index (χ3v) is 6.80. The van der Waals surface area contributed by atoms with Crippen molar-refractivity contribution in [2.75, 3.05) is 33.0 Å². The Balaban J connectivity index is 1.28. The molecule has 0 N–H and O–H groups in total. The largest absolute Gasteiger partial charge is 0.463 e. The molecule has 2 aliphatic rings. The number of esters is 1. The van der Waals surface area contributed by atoms with Crippen molar-refractivity contribution in [3.05, 3.63) is 48.0 Å². The summed E-state index contributed by atoms with van der Waals surface area (Å²) >= 11 is 0. The molecule has 3 rings (SSSR count). The van der Waals surface area contributed by atoms with Crippen LogP contribution in [-0.2, 0) is 28.5 Å². The van der Waals surface area contributed by atoms with E-state index in [0.29, 0.717) is 18.4 Å². The highest BCUT2D eigenvalue weighted by Gasteiger charge is 2.26. The summed E-state index contributed by atoms with van der Waals surface area (Å²) in [5.74, 6) is 0.604. The monoisotopic (exact) mass is 488 g/mol. The van der Waals surface area contributed by atoms with Gasteiger partial charge in [-0.1, -0.05) is 82.7 Å². The molecule has 0 amide bonds. The van der Waals surface area contributed by atoms with Gasteiger partial charge in [0.1, 0.15) is 0 Å². The lowest BCUT2D eigenvalue weighted by atomic mass is 10.0. The van der Waals surface area contributed by atoms with E-state index >= 15 is 0 Å². The number of hydrogen-bond acceptors (Lipinski definition) is 6. The van der Waals surface area contributed by atoms with Crippen LogP contribution in [0.1, 0.15) is 94.8 Å². The molecule has 35 heavy (non-hydrogen) atoms. The molecular weight excluding hydrogens is 444 g/mol. The SMILES string of the molecule is C=CC(=O)OCCCCCCC1COC(c2ccc(C3OCC(CCCCCC)CO3)cc2)OC1. The van der Waals surface area contributed by atoms with Gasteiger partial charge in [0.2, 0.25) is 0 Å². The molecule has 0 aliphatic carbocycles. The summed E-state index contributed by atoms with van der Waals surface area (Å²) in [5, 5.41) is 0. The molecule has 0 atom stereocenters. The van der Waals surface area contributed by atoms with Gasteiger partial charge in [-0.25, -0.2) is 4.79 Å². The fourth-order valence-electron chi connectivity index (χ4n) is 4.59. The summed E-state index contributed by atoms with van der Waals surface area (Å²) in [6.45, 7) is 9.10. The van der Waals surface area contributed by atoms with Gasteiger partial charge in [-0.05, 0) is 19.3 Å². The van der Waals surface area contributed by atoms with Gasteiger partial charge in [-0.3, -0.25) is 0 Å². The summed E-state index contributed by atoms with van der Waals surface area (Å²) in [6.07, 6.45) is 12.3. The quantitative estimate of drug-likeness (QED) is 0.156. The van der Waals surface area contributed by atoms with Crippen molar-refractivity contribution in [3.8, 4) is 0 Å². The molecule has 0 unspecified atom stereocenters. The zero-order chi connectivity index (χ0) is 24.7. The highest BCUT2D eigenvalue weighted by molar-refractivity contribution is 5.81. The maximum atomic E-state index is 11.0. The molecule has 0 spiro atoms. The molecule has 1 aromatic rings. The first-order valence-corrected chi connectivity index (χ1v) is 13.5. The van der Waals surface area contributed by atoms with Gasteiger partial charge in [0.05, 0.1) is 33.0 Å². The Labute approximate surface area is 211 Å². The smallest absolute Gasteiger partial charge is 0.330 e. The van der Waals surface area contributed by atoms with Crippen LogP contribution in [0.3, 0.4) is 0 Å². The van der Waals surface area contributed by atoms with E-state index in [-0.39, 0.29) is 18.5 Å². The first kappa shape index (κ1) is 27.9. The molecule has 2 fully saturated rings. The van der Waals surface area contributed by atoms with Crippen molar-refractivity contribution in [1.29, 1.82) is 0 Å². The van der Waals surface area contributed by atoms with Crippen LogP contribution in [0.25, 0.3) is 0 Å². The van der Waals surface area contributed by atoms with Crippen molar-refractivity contribution in [3.63, 3.8) is 0 Å². The Morgan fingerprint density at radius 3 is 1.71 bits per heavy atom. The van der Waals surface area contributed by atoms with E-state index < -0.39 is 0 Å². The van der Waals surface area contributed by atoms with Crippen molar-refractivity contribution in [1.82, 2.24) is 0 Å². The molecule has 2 saturated heterocycles. The second-order valence-electron chi connectivity index (χ2n) is 9.82. The van der Waals surface area contributed by atoms with Crippen molar-refractivity contribution < 1.29 is 28.5 Å².